The Labute approximate surface area is 245 Å². The Morgan fingerprint density at radius 2 is 1.37 bits per heavy atom. The van der Waals surface area contributed by atoms with Gasteiger partial charge in [-0.15, -0.1) is 0 Å². The Balaban J connectivity index is 2.40. The highest BCUT2D eigenvalue weighted by atomic mass is 32.2. The van der Waals surface area contributed by atoms with Crippen LogP contribution in [-0.2, 0) is 19.2 Å². The Kier molecular flexibility index (Phi) is 10.6. The van der Waals surface area contributed by atoms with Gasteiger partial charge in [0.05, 0.1) is 5.54 Å². The van der Waals surface area contributed by atoms with Crippen molar-refractivity contribution in [3.63, 3.8) is 0 Å². The van der Waals surface area contributed by atoms with Crippen LogP contribution in [0.5, 0.6) is 11.5 Å². The summed E-state index contributed by atoms with van der Waals surface area (Å²) in [6, 6.07) is 11.3. The molecule has 0 aromatic heterocycles. The number of carbonyl (C=O) groups is 1. The van der Waals surface area contributed by atoms with Crippen molar-refractivity contribution in [3.8, 4) is 11.5 Å². The fraction of sp³-hybridized carbons (Fsp3) is 0.500. The van der Waals surface area contributed by atoms with Gasteiger partial charge >= 0.3 is 28.1 Å². The highest BCUT2D eigenvalue weighted by molar-refractivity contribution is 7.86. The second-order valence-electron chi connectivity index (χ2n) is 11.8. The zero-order valence-electron chi connectivity index (χ0n) is 24.2. The molecule has 1 atom stereocenters. The molecule has 240 valence electrons. The summed E-state index contributed by atoms with van der Waals surface area (Å²) in [5, 5.41) is 5.10. The normalized spacial score (nSPS) is 14.7. The summed E-state index contributed by atoms with van der Waals surface area (Å²) in [6.45, 7) is 9.79. The smallest absolute Gasteiger partial charge is 0.457 e. The van der Waals surface area contributed by atoms with Crippen LogP contribution in [0.2, 0.25) is 0 Å². The van der Waals surface area contributed by atoms with E-state index < -0.39 is 62.5 Å². The Bertz CT molecular complexity index is 1390. The molecular weight excluding hydrogens is 609 g/mol. The molecule has 2 rings (SSSR count). The van der Waals surface area contributed by atoms with Gasteiger partial charge in [-0.2, -0.15) is 39.2 Å². The van der Waals surface area contributed by atoms with Crippen molar-refractivity contribution in [3.05, 3.63) is 60.2 Å². The first-order valence-corrected chi connectivity index (χ1v) is 14.4. The molecule has 43 heavy (non-hydrogen) atoms. The van der Waals surface area contributed by atoms with Crippen molar-refractivity contribution < 1.29 is 53.0 Å². The molecule has 1 unspecified atom stereocenters. The van der Waals surface area contributed by atoms with E-state index in [0.29, 0.717) is 24.3 Å². The molecule has 0 heterocycles. The second-order valence-corrected chi connectivity index (χ2v) is 13.4. The van der Waals surface area contributed by atoms with Gasteiger partial charge in [-0.25, -0.2) is 0 Å². The molecule has 0 fully saturated rings. The number of carbonyl (C=O) groups excluding carboxylic acids is 1. The summed E-state index contributed by atoms with van der Waals surface area (Å²) in [7, 11) is -5.03. The van der Waals surface area contributed by atoms with E-state index in [1.165, 1.54) is 26.0 Å². The predicted molar refractivity (Wildman–Crippen MR) is 146 cm³/mol. The lowest BCUT2D eigenvalue weighted by Crippen LogP contribution is -2.56. The topological polar surface area (TPSA) is 94.1 Å². The fourth-order valence-corrected chi connectivity index (χ4v) is 5.19. The number of benzene rings is 2. The van der Waals surface area contributed by atoms with Gasteiger partial charge in [0.1, 0.15) is 17.3 Å². The first kappa shape index (κ1) is 35.8. The maximum Gasteiger partial charge on any atom is 0.460 e. The van der Waals surface area contributed by atoms with E-state index in [1.807, 2.05) is 20.8 Å². The van der Waals surface area contributed by atoms with Gasteiger partial charge in [0.25, 0.3) is 0 Å². The summed E-state index contributed by atoms with van der Waals surface area (Å²) in [5.41, 5.74) is -5.12. The van der Waals surface area contributed by atoms with Crippen LogP contribution in [0.15, 0.2) is 59.8 Å². The summed E-state index contributed by atoms with van der Waals surface area (Å²) in [5.74, 6) is -14.6. The monoisotopic (exact) mass is 642 g/mol. The van der Waals surface area contributed by atoms with Crippen molar-refractivity contribution in [2.45, 2.75) is 71.5 Å². The minimum atomic E-state index is -6.73. The number of hydrogen-bond acceptors (Lipinski definition) is 6. The number of oxime groups is 1. The highest BCUT2D eigenvalue weighted by Crippen LogP contribution is 2.48. The Hall–Kier alpha value is -3.36. The summed E-state index contributed by atoms with van der Waals surface area (Å²) in [4.78, 5) is 12.6. The average molecular weight is 643 g/mol. The molecule has 0 saturated heterocycles. The van der Waals surface area contributed by atoms with E-state index in [2.05, 4.69) is 14.8 Å². The molecule has 1 amide bonds. The number of nitrogens with zero attached hydrogens (tertiary/aromatic N) is 1. The molecule has 0 aliphatic carbocycles. The first-order chi connectivity index (χ1) is 19.4. The second kappa shape index (κ2) is 12.7. The minimum absolute atomic E-state index is 0.00748. The van der Waals surface area contributed by atoms with Gasteiger partial charge in [0.2, 0.25) is 5.91 Å². The lowest BCUT2D eigenvalue weighted by Gasteiger charge is -2.30. The van der Waals surface area contributed by atoms with Crippen molar-refractivity contribution >= 4 is 21.7 Å². The summed E-state index contributed by atoms with van der Waals surface area (Å²) >= 11 is 0. The lowest BCUT2D eigenvalue weighted by molar-refractivity contribution is -0.336. The fourth-order valence-electron chi connectivity index (χ4n) is 3.99. The van der Waals surface area contributed by atoms with Gasteiger partial charge in [-0.3, -0.25) is 9.08 Å². The summed E-state index contributed by atoms with van der Waals surface area (Å²) < 4.78 is 132. The van der Waals surface area contributed by atoms with Gasteiger partial charge < -0.3 is 10.1 Å². The molecule has 0 spiro atoms. The van der Waals surface area contributed by atoms with Crippen molar-refractivity contribution in [1.82, 2.24) is 5.32 Å². The number of nitrogens with one attached hydrogen (secondary N) is 1. The number of alkyl halides is 7. The predicted octanol–water partition coefficient (Wildman–Crippen LogP) is 7.33. The molecule has 0 bridgehead atoms. The third-order valence-electron chi connectivity index (χ3n) is 5.76. The van der Waals surface area contributed by atoms with E-state index in [1.54, 1.807) is 25.1 Å². The maximum absolute atomic E-state index is 14.8. The highest BCUT2D eigenvalue weighted by Gasteiger charge is 2.75. The molecule has 1 N–H and O–H groups in total. The van der Waals surface area contributed by atoms with Crippen LogP contribution in [-0.4, -0.2) is 49.3 Å². The van der Waals surface area contributed by atoms with E-state index in [0.717, 1.165) is 12.1 Å². The van der Waals surface area contributed by atoms with Crippen LogP contribution >= 0.6 is 0 Å². The zero-order chi connectivity index (χ0) is 33.1. The SMILES string of the molecule is CC(CC(C)(C)C)C(=O)NC(C)(C)CS(=O)(=O)O/N=C(\c1ccc(Oc2ccccc2)cc1)C(F)(F)C(F)(F)C(F)(F)F. The first-order valence-electron chi connectivity index (χ1n) is 12.8. The van der Waals surface area contributed by atoms with Gasteiger partial charge in [0, 0.05) is 11.5 Å². The molecule has 2 aromatic rings. The van der Waals surface area contributed by atoms with Gasteiger partial charge in [-0.1, -0.05) is 51.0 Å². The molecule has 0 aliphatic rings. The third kappa shape index (κ3) is 9.83. The minimum Gasteiger partial charge on any atom is -0.457 e. The zero-order valence-corrected chi connectivity index (χ0v) is 25.0. The van der Waals surface area contributed by atoms with Crippen LogP contribution in [0.25, 0.3) is 0 Å². The number of halogens is 7. The van der Waals surface area contributed by atoms with Crippen LogP contribution < -0.4 is 10.1 Å². The molecule has 2 aromatic carbocycles. The van der Waals surface area contributed by atoms with Crippen molar-refractivity contribution in [2.75, 3.05) is 5.75 Å². The van der Waals surface area contributed by atoms with Gasteiger partial charge in [-0.05, 0) is 62.1 Å². The number of para-hydroxylation sites is 1. The van der Waals surface area contributed by atoms with Gasteiger partial charge in [0.15, 0.2) is 5.71 Å². The molecule has 7 nitrogen and oxygen atoms in total. The number of hydrogen-bond donors (Lipinski definition) is 1. The largest absolute Gasteiger partial charge is 0.460 e. The number of rotatable bonds is 12. The lowest BCUT2D eigenvalue weighted by atomic mass is 9.85. The molecule has 0 saturated carbocycles. The molecule has 15 heteroatoms. The van der Waals surface area contributed by atoms with Crippen molar-refractivity contribution in [2.24, 2.45) is 16.5 Å². The van der Waals surface area contributed by atoms with Crippen molar-refractivity contribution in [1.29, 1.82) is 0 Å². The van der Waals surface area contributed by atoms with E-state index in [9.17, 15) is 43.9 Å². The van der Waals surface area contributed by atoms with E-state index in [4.69, 9.17) is 4.74 Å². The molecular formula is C28H33F7N2O5S. The summed E-state index contributed by atoms with van der Waals surface area (Å²) in [6.07, 6.45) is -6.30. The Morgan fingerprint density at radius 3 is 1.86 bits per heavy atom. The van der Waals surface area contributed by atoms with E-state index in [-0.39, 0.29) is 11.2 Å². The molecule has 0 aliphatic heterocycles. The third-order valence-corrected chi connectivity index (χ3v) is 7.14. The number of amides is 1. The van der Waals surface area contributed by atoms with Crippen LogP contribution in [0.3, 0.4) is 0 Å². The molecule has 0 radical (unpaired) electrons. The maximum atomic E-state index is 14.8. The quantitative estimate of drug-likeness (QED) is 0.149. The van der Waals surface area contributed by atoms with E-state index >= 15 is 0 Å². The van der Waals surface area contributed by atoms with Crippen LogP contribution in [0.4, 0.5) is 30.7 Å². The standard InChI is InChI=1S/C28H33F7N2O5S/c1-18(16-24(2,3)4)23(38)36-25(5,6)17-43(39,40)42-37-22(26(29,30)27(31,32)28(33,34)35)19-12-14-21(15-13-19)41-20-10-8-7-9-11-20/h7-15,18H,16-17H2,1-6H3,(H,36,38)/b37-22+. The Morgan fingerprint density at radius 1 is 0.860 bits per heavy atom. The van der Waals surface area contributed by atoms with Crippen LogP contribution in [0, 0.1) is 11.3 Å². The average Bonchev–Trinajstić information content (AvgIpc) is 2.82. The van der Waals surface area contributed by atoms with Crippen LogP contribution in [0.1, 0.15) is 53.5 Å². The number of ether oxygens (including phenoxy) is 1.